The minimum absolute atomic E-state index is 0.0482. The number of benzene rings is 2. The second-order valence-electron chi connectivity index (χ2n) is 8.16. The van der Waals surface area contributed by atoms with E-state index in [2.05, 4.69) is 0 Å². The normalized spacial score (nSPS) is 14.9. The van der Waals surface area contributed by atoms with Crippen LogP contribution in [0.4, 0.5) is 18.9 Å². The standard InChI is InChI=1S/C23H23ClF3N3O5S/c1-34-14-15-13-30(19-11-16(24)3-5-18(15)19)36(32,33)17-4-6-21(35-2)20(12-17)28-7-9-29(10-8-28)22(31)23(25,26)27/h3-6,11-13H,7-10,14H2,1-2H3. The molecule has 0 spiro atoms. The van der Waals surface area contributed by atoms with Crippen LogP contribution in [0.25, 0.3) is 10.9 Å². The summed E-state index contributed by atoms with van der Waals surface area (Å²) in [6, 6.07) is 9.24. The van der Waals surface area contributed by atoms with Crippen molar-refractivity contribution in [1.82, 2.24) is 8.87 Å². The molecule has 2 heterocycles. The predicted octanol–water partition coefficient (Wildman–Crippen LogP) is 3.90. The lowest BCUT2D eigenvalue weighted by molar-refractivity contribution is -0.185. The average molecular weight is 546 g/mol. The molecule has 1 saturated heterocycles. The van der Waals surface area contributed by atoms with Crippen molar-refractivity contribution in [2.75, 3.05) is 45.3 Å². The van der Waals surface area contributed by atoms with Crippen molar-refractivity contribution in [2.24, 2.45) is 0 Å². The first-order valence-corrected chi connectivity index (χ1v) is 12.6. The second kappa shape index (κ2) is 9.83. The van der Waals surface area contributed by atoms with Gasteiger partial charge in [-0.1, -0.05) is 17.7 Å². The number of halogens is 4. The maximum absolute atomic E-state index is 13.7. The average Bonchev–Trinajstić information content (AvgIpc) is 3.21. The lowest BCUT2D eigenvalue weighted by Crippen LogP contribution is -2.52. The van der Waals surface area contributed by atoms with Gasteiger partial charge in [-0.05, 0) is 30.3 Å². The summed E-state index contributed by atoms with van der Waals surface area (Å²) in [6.45, 7) is -0.00191. The Morgan fingerprint density at radius 2 is 1.75 bits per heavy atom. The van der Waals surface area contributed by atoms with Crippen molar-refractivity contribution in [2.45, 2.75) is 17.7 Å². The number of amides is 1. The highest BCUT2D eigenvalue weighted by atomic mass is 35.5. The van der Waals surface area contributed by atoms with Crippen LogP contribution in [-0.4, -0.2) is 69.8 Å². The Morgan fingerprint density at radius 3 is 2.36 bits per heavy atom. The molecule has 0 atom stereocenters. The highest BCUT2D eigenvalue weighted by Crippen LogP contribution is 2.35. The van der Waals surface area contributed by atoms with E-state index in [-0.39, 0.29) is 37.7 Å². The lowest BCUT2D eigenvalue weighted by Gasteiger charge is -2.36. The third kappa shape index (κ3) is 4.84. The van der Waals surface area contributed by atoms with Gasteiger partial charge in [0.25, 0.3) is 10.0 Å². The molecule has 1 amide bonds. The van der Waals surface area contributed by atoms with Gasteiger partial charge >= 0.3 is 12.1 Å². The molecule has 1 fully saturated rings. The Kier molecular flexibility index (Phi) is 7.13. The van der Waals surface area contributed by atoms with Gasteiger partial charge in [-0.2, -0.15) is 13.2 Å². The largest absolute Gasteiger partial charge is 0.495 e. The highest BCUT2D eigenvalue weighted by Gasteiger charge is 2.43. The van der Waals surface area contributed by atoms with Crippen LogP contribution in [0.1, 0.15) is 5.56 Å². The third-order valence-electron chi connectivity index (χ3n) is 5.97. The summed E-state index contributed by atoms with van der Waals surface area (Å²) >= 11 is 6.14. The number of piperazine rings is 1. The molecular formula is C23H23ClF3N3O5S. The zero-order valence-electron chi connectivity index (χ0n) is 19.4. The van der Waals surface area contributed by atoms with Gasteiger partial charge in [0.2, 0.25) is 0 Å². The second-order valence-corrected chi connectivity index (χ2v) is 10.4. The van der Waals surface area contributed by atoms with Crippen LogP contribution in [-0.2, 0) is 26.2 Å². The molecular weight excluding hydrogens is 523 g/mol. The molecule has 0 bridgehead atoms. The maximum Gasteiger partial charge on any atom is 0.471 e. The van der Waals surface area contributed by atoms with Crippen LogP contribution in [0.3, 0.4) is 0 Å². The molecule has 1 aromatic heterocycles. The predicted molar refractivity (Wildman–Crippen MR) is 128 cm³/mol. The molecule has 8 nitrogen and oxygen atoms in total. The number of carbonyl (C=O) groups excluding carboxylic acids is 1. The van der Waals surface area contributed by atoms with Gasteiger partial charge in [0.05, 0.1) is 29.8 Å². The summed E-state index contributed by atoms with van der Waals surface area (Å²) in [7, 11) is -1.19. The summed E-state index contributed by atoms with van der Waals surface area (Å²) in [6.07, 6.45) is -3.47. The molecule has 0 saturated carbocycles. The van der Waals surface area contributed by atoms with E-state index in [4.69, 9.17) is 21.1 Å². The van der Waals surface area contributed by atoms with Crippen molar-refractivity contribution in [3.8, 4) is 5.75 Å². The molecule has 0 radical (unpaired) electrons. The number of rotatable bonds is 6. The van der Waals surface area contributed by atoms with Gasteiger partial charge in [-0.3, -0.25) is 4.79 Å². The Morgan fingerprint density at radius 1 is 1.06 bits per heavy atom. The van der Waals surface area contributed by atoms with Gasteiger partial charge in [-0.25, -0.2) is 12.4 Å². The van der Waals surface area contributed by atoms with Crippen molar-refractivity contribution in [1.29, 1.82) is 0 Å². The number of aromatic nitrogens is 1. The number of methoxy groups -OCH3 is 2. The van der Waals surface area contributed by atoms with Gasteiger partial charge in [-0.15, -0.1) is 0 Å². The fourth-order valence-electron chi connectivity index (χ4n) is 4.23. The first-order chi connectivity index (χ1) is 17.0. The summed E-state index contributed by atoms with van der Waals surface area (Å²) in [5.41, 5.74) is 1.43. The van der Waals surface area contributed by atoms with Gasteiger partial charge in [0.1, 0.15) is 5.75 Å². The smallest absolute Gasteiger partial charge is 0.471 e. The van der Waals surface area contributed by atoms with Crippen LogP contribution in [0.2, 0.25) is 5.02 Å². The van der Waals surface area contributed by atoms with Gasteiger partial charge in [0, 0.05) is 55.5 Å². The monoisotopic (exact) mass is 545 g/mol. The van der Waals surface area contributed by atoms with E-state index in [1.54, 1.807) is 23.1 Å². The van der Waals surface area contributed by atoms with Crippen LogP contribution in [0, 0.1) is 0 Å². The van der Waals surface area contributed by atoms with E-state index < -0.39 is 22.1 Å². The number of ether oxygens (including phenoxy) is 2. The quantitative estimate of drug-likeness (QED) is 0.467. The molecule has 1 aliphatic rings. The molecule has 194 valence electrons. The van der Waals surface area contributed by atoms with Crippen molar-refractivity contribution in [3.63, 3.8) is 0 Å². The molecule has 1 aliphatic heterocycles. The van der Waals surface area contributed by atoms with Crippen LogP contribution < -0.4 is 9.64 Å². The van der Waals surface area contributed by atoms with Crippen LogP contribution >= 0.6 is 11.6 Å². The van der Waals surface area contributed by atoms with Crippen molar-refractivity contribution < 1.29 is 35.9 Å². The van der Waals surface area contributed by atoms with Crippen molar-refractivity contribution >= 4 is 44.1 Å². The SMILES string of the molecule is COCc1cn(S(=O)(=O)c2ccc(OC)c(N3CCN(C(=O)C(F)(F)F)CC3)c2)c2cc(Cl)ccc12. The molecule has 13 heteroatoms. The molecule has 0 aliphatic carbocycles. The van der Waals surface area contributed by atoms with E-state index in [1.807, 2.05) is 0 Å². The van der Waals surface area contributed by atoms with E-state index in [9.17, 15) is 26.4 Å². The van der Waals surface area contributed by atoms with Gasteiger partial charge in [0.15, 0.2) is 0 Å². The third-order valence-corrected chi connectivity index (χ3v) is 7.88. The zero-order valence-corrected chi connectivity index (χ0v) is 21.0. The first kappa shape index (κ1) is 26.1. The minimum atomic E-state index is -4.95. The summed E-state index contributed by atoms with van der Waals surface area (Å²) in [5.74, 6) is -1.54. The van der Waals surface area contributed by atoms with E-state index >= 15 is 0 Å². The molecule has 2 aromatic carbocycles. The fourth-order valence-corrected chi connectivity index (χ4v) is 5.80. The number of nitrogens with zero attached hydrogens (tertiary/aromatic N) is 3. The maximum atomic E-state index is 13.7. The molecule has 4 rings (SSSR count). The minimum Gasteiger partial charge on any atom is -0.495 e. The van der Waals surface area contributed by atoms with Crippen molar-refractivity contribution in [3.05, 3.63) is 53.2 Å². The number of hydrogen-bond donors (Lipinski definition) is 0. The molecule has 3 aromatic rings. The molecule has 0 unspecified atom stereocenters. The Bertz CT molecular complexity index is 1400. The van der Waals surface area contributed by atoms with E-state index in [1.165, 1.54) is 38.6 Å². The Labute approximate surface area is 210 Å². The lowest BCUT2D eigenvalue weighted by atomic mass is 10.2. The number of carbonyl (C=O) groups is 1. The summed E-state index contributed by atoms with van der Waals surface area (Å²) in [4.78, 5) is 13.9. The topological polar surface area (TPSA) is 81.1 Å². The van der Waals surface area contributed by atoms with E-state index in [0.29, 0.717) is 32.9 Å². The Hall–Kier alpha value is -2.96. The first-order valence-electron chi connectivity index (χ1n) is 10.8. The number of anilines is 1. The summed E-state index contributed by atoms with van der Waals surface area (Å²) < 4.78 is 77.5. The highest BCUT2D eigenvalue weighted by molar-refractivity contribution is 7.90. The van der Waals surface area contributed by atoms with Crippen LogP contribution in [0.5, 0.6) is 5.75 Å². The number of fused-ring (bicyclic) bond motifs is 1. The van der Waals surface area contributed by atoms with Gasteiger partial charge < -0.3 is 19.3 Å². The summed E-state index contributed by atoms with van der Waals surface area (Å²) in [5, 5.41) is 1.03. The number of alkyl halides is 3. The molecule has 0 N–H and O–H groups in total. The molecule has 36 heavy (non-hydrogen) atoms. The number of hydrogen-bond acceptors (Lipinski definition) is 6. The van der Waals surface area contributed by atoms with E-state index in [0.717, 1.165) is 8.87 Å². The fraction of sp³-hybridized carbons (Fsp3) is 0.348. The zero-order chi connectivity index (χ0) is 26.3. The van der Waals surface area contributed by atoms with Crippen LogP contribution in [0.15, 0.2) is 47.5 Å². The Balaban J connectivity index is 1.70.